The molecule has 1 aromatic heterocycles. The van der Waals surface area contributed by atoms with Gasteiger partial charge in [-0.3, -0.25) is 9.69 Å². The van der Waals surface area contributed by atoms with Gasteiger partial charge in [0.05, 0.1) is 12.3 Å². The fraction of sp³-hybridized carbons (Fsp3) is 0.333. The lowest BCUT2D eigenvalue weighted by Crippen LogP contribution is -2.36. The first-order chi connectivity index (χ1) is 15.6. The molecule has 32 heavy (non-hydrogen) atoms. The van der Waals surface area contributed by atoms with Gasteiger partial charge in [-0.25, -0.2) is 0 Å². The van der Waals surface area contributed by atoms with Crippen molar-refractivity contribution in [2.45, 2.75) is 45.0 Å². The SMILES string of the molecule is CCCCSc1nnc2c(n1)O[C@@H](c1cccc(OCC)c1)N(C(C)=O)c1ccccc1-2. The molecule has 3 aromatic rings. The Hall–Kier alpha value is -3.13. The highest BCUT2D eigenvalue weighted by Crippen LogP contribution is 2.43. The van der Waals surface area contributed by atoms with Gasteiger partial charge in [-0.05, 0) is 31.5 Å². The highest BCUT2D eigenvalue weighted by Gasteiger charge is 2.34. The molecule has 7 nitrogen and oxygen atoms in total. The zero-order valence-electron chi connectivity index (χ0n) is 18.4. The summed E-state index contributed by atoms with van der Waals surface area (Å²) in [7, 11) is 0. The van der Waals surface area contributed by atoms with Crippen LogP contribution in [0, 0.1) is 0 Å². The van der Waals surface area contributed by atoms with E-state index in [2.05, 4.69) is 22.1 Å². The molecule has 1 aliphatic rings. The Morgan fingerprint density at radius 3 is 2.78 bits per heavy atom. The van der Waals surface area contributed by atoms with E-state index in [1.54, 1.807) is 16.7 Å². The van der Waals surface area contributed by atoms with E-state index in [0.29, 0.717) is 34.8 Å². The number of carbonyl (C=O) groups excluding carboxylic acids is 1. The number of ether oxygens (including phenoxy) is 2. The smallest absolute Gasteiger partial charge is 0.247 e. The summed E-state index contributed by atoms with van der Waals surface area (Å²) in [6.07, 6.45) is 1.45. The number of aromatic nitrogens is 3. The normalized spacial score (nSPS) is 14.7. The number of anilines is 1. The minimum atomic E-state index is -0.722. The molecular weight excluding hydrogens is 424 g/mol. The van der Waals surface area contributed by atoms with Crippen LogP contribution in [0.25, 0.3) is 11.3 Å². The van der Waals surface area contributed by atoms with Crippen LogP contribution in [0.2, 0.25) is 0 Å². The summed E-state index contributed by atoms with van der Waals surface area (Å²) in [5, 5.41) is 9.32. The van der Waals surface area contributed by atoms with Gasteiger partial charge >= 0.3 is 0 Å². The standard InChI is InChI=1S/C24H26N4O3S/c1-4-6-14-32-24-25-22-21(26-27-24)19-12-7-8-13-20(19)28(16(3)29)23(31-22)17-10-9-11-18(15-17)30-5-2/h7-13,15,23H,4-6,14H2,1-3H3/t23-/m0/s1. The Morgan fingerprint density at radius 1 is 1.16 bits per heavy atom. The van der Waals surface area contributed by atoms with Crippen molar-refractivity contribution in [1.82, 2.24) is 15.2 Å². The molecular formula is C24H26N4O3S. The van der Waals surface area contributed by atoms with Crippen molar-refractivity contribution in [3.63, 3.8) is 0 Å². The highest BCUT2D eigenvalue weighted by molar-refractivity contribution is 7.99. The number of para-hydroxylation sites is 1. The minimum Gasteiger partial charge on any atom is -0.494 e. The van der Waals surface area contributed by atoms with Gasteiger partial charge in [-0.1, -0.05) is 55.4 Å². The Morgan fingerprint density at radius 2 is 2.00 bits per heavy atom. The van der Waals surface area contributed by atoms with Crippen LogP contribution < -0.4 is 14.4 Å². The third kappa shape index (κ3) is 4.55. The van der Waals surface area contributed by atoms with Gasteiger partial charge in [0.2, 0.25) is 23.2 Å². The first-order valence-corrected chi connectivity index (χ1v) is 11.8. The molecule has 4 rings (SSSR count). The molecule has 1 atom stereocenters. The molecule has 0 saturated heterocycles. The molecule has 0 fully saturated rings. The highest BCUT2D eigenvalue weighted by atomic mass is 32.2. The number of fused-ring (bicyclic) bond motifs is 3. The van der Waals surface area contributed by atoms with Gasteiger partial charge in [0.1, 0.15) is 5.75 Å². The summed E-state index contributed by atoms with van der Waals surface area (Å²) in [5.74, 6) is 1.84. The second kappa shape index (κ2) is 9.99. The average molecular weight is 451 g/mol. The van der Waals surface area contributed by atoms with Crippen LogP contribution in [-0.2, 0) is 4.79 Å². The summed E-state index contributed by atoms with van der Waals surface area (Å²) in [6, 6.07) is 15.2. The first-order valence-electron chi connectivity index (χ1n) is 10.8. The van der Waals surface area contributed by atoms with Crippen LogP contribution in [-0.4, -0.2) is 33.4 Å². The van der Waals surface area contributed by atoms with Gasteiger partial charge < -0.3 is 9.47 Å². The van der Waals surface area contributed by atoms with Crippen LogP contribution >= 0.6 is 11.8 Å². The number of carbonyl (C=O) groups is 1. The largest absolute Gasteiger partial charge is 0.494 e. The molecule has 2 aromatic carbocycles. The number of benzene rings is 2. The van der Waals surface area contributed by atoms with E-state index < -0.39 is 6.23 Å². The fourth-order valence-electron chi connectivity index (χ4n) is 3.56. The predicted octanol–water partition coefficient (Wildman–Crippen LogP) is 5.27. The van der Waals surface area contributed by atoms with Gasteiger partial charge in [0.25, 0.3) is 0 Å². The fourth-order valence-corrected chi connectivity index (χ4v) is 4.42. The Labute approximate surface area is 192 Å². The number of hydrogen-bond donors (Lipinski definition) is 0. The summed E-state index contributed by atoms with van der Waals surface area (Å²) < 4.78 is 12.1. The van der Waals surface area contributed by atoms with Gasteiger partial charge in [0.15, 0.2) is 5.69 Å². The maximum atomic E-state index is 12.9. The predicted molar refractivity (Wildman–Crippen MR) is 125 cm³/mol. The van der Waals surface area contributed by atoms with E-state index in [-0.39, 0.29) is 5.91 Å². The molecule has 166 valence electrons. The molecule has 8 heteroatoms. The third-order valence-electron chi connectivity index (χ3n) is 5.03. The molecule has 0 unspecified atom stereocenters. The Bertz CT molecular complexity index is 1110. The second-order valence-corrected chi connectivity index (χ2v) is 8.39. The van der Waals surface area contributed by atoms with Crippen molar-refractivity contribution < 1.29 is 14.3 Å². The average Bonchev–Trinajstić information content (AvgIpc) is 2.94. The van der Waals surface area contributed by atoms with E-state index in [9.17, 15) is 4.79 Å². The van der Waals surface area contributed by atoms with Gasteiger partial charge in [-0.2, -0.15) is 4.98 Å². The molecule has 1 aliphatic heterocycles. The van der Waals surface area contributed by atoms with E-state index >= 15 is 0 Å². The van der Waals surface area contributed by atoms with Crippen LogP contribution in [0.15, 0.2) is 53.7 Å². The summed E-state index contributed by atoms with van der Waals surface area (Å²) in [4.78, 5) is 19.2. The Kier molecular flexibility index (Phi) is 6.90. The summed E-state index contributed by atoms with van der Waals surface area (Å²) in [6.45, 7) is 6.16. The van der Waals surface area contributed by atoms with Crippen molar-refractivity contribution in [3.05, 3.63) is 54.1 Å². The van der Waals surface area contributed by atoms with Crippen LogP contribution in [0.1, 0.15) is 45.4 Å². The lowest BCUT2D eigenvalue weighted by molar-refractivity contribution is -0.118. The second-order valence-electron chi connectivity index (χ2n) is 7.33. The molecule has 1 amide bonds. The molecule has 0 bridgehead atoms. The maximum Gasteiger partial charge on any atom is 0.247 e. The van der Waals surface area contributed by atoms with Crippen LogP contribution in [0.3, 0.4) is 0 Å². The van der Waals surface area contributed by atoms with Crippen molar-refractivity contribution in [1.29, 1.82) is 0 Å². The Balaban J connectivity index is 1.84. The number of rotatable bonds is 7. The lowest BCUT2D eigenvalue weighted by Gasteiger charge is -2.30. The first kappa shape index (κ1) is 22.1. The van der Waals surface area contributed by atoms with E-state index in [4.69, 9.17) is 9.47 Å². The maximum absolute atomic E-state index is 12.9. The number of thioether (sulfide) groups is 1. The quantitative estimate of drug-likeness (QED) is 0.358. The van der Waals surface area contributed by atoms with Gasteiger partial charge in [-0.15, -0.1) is 10.2 Å². The van der Waals surface area contributed by atoms with Crippen molar-refractivity contribution in [3.8, 4) is 22.9 Å². The van der Waals surface area contributed by atoms with Crippen molar-refractivity contribution >= 4 is 23.4 Å². The number of unbranched alkanes of at least 4 members (excludes halogenated alkanes) is 1. The number of hydrogen-bond acceptors (Lipinski definition) is 7. The zero-order chi connectivity index (χ0) is 22.5. The van der Waals surface area contributed by atoms with Crippen molar-refractivity contribution in [2.75, 3.05) is 17.3 Å². The number of amides is 1. The topological polar surface area (TPSA) is 77.4 Å². The molecule has 2 heterocycles. The zero-order valence-corrected chi connectivity index (χ0v) is 19.3. The van der Waals surface area contributed by atoms with E-state index in [0.717, 1.165) is 29.7 Å². The molecule has 0 saturated carbocycles. The van der Waals surface area contributed by atoms with E-state index in [1.165, 1.54) is 6.92 Å². The third-order valence-corrected chi connectivity index (χ3v) is 5.96. The van der Waals surface area contributed by atoms with Crippen LogP contribution in [0.5, 0.6) is 11.6 Å². The molecule has 0 radical (unpaired) electrons. The number of nitrogens with zero attached hydrogens (tertiary/aromatic N) is 4. The summed E-state index contributed by atoms with van der Waals surface area (Å²) >= 11 is 1.55. The van der Waals surface area contributed by atoms with Gasteiger partial charge in [0, 0.05) is 23.8 Å². The minimum absolute atomic E-state index is 0.150. The monoisotopic (exact) mass is 450 g/mol. The van der Waals surface area contributed by atoms with Crippen LogP contribution in [0.4, 0.5) is 5.69 Å². The molecule has 0 aliphatic carbocycles. The summed E-state index contributed by atoms with van der Waals surface area (Å²) in [5.41, 5.74) is 2.77. The molecule has 0 N–H and O–H groups in total. The van der Waals surface area contributed by atoms with Crippen molar-refractivity contribution in [2.24, 2.45) is 0 Å². The van der Waals surface area contributed by atoms with E-state index in [1.807, 2.05) is 55.5 Å². The lowest BCUT2D eigenvalue weighted by atomic mass is 10.1. The molecule has 0 spiro atoms.